The summed E-state index contributed by atoms with van der Waals surface area (Å²) in [5, 5.41) is 8.94. The molecule has 1 aliphatic heterocycles. The lowest BCUT2D eigenvalue weighted by Crippen LogP contribution is -2.28. The van der Waals surface area contributed by atoms with Gasteiger partial charge in [0.05, 0.1) is 23.9 Å². The van der Waals surface area contributed by atoms with Gasteiger partial charge in [-0.15, -0.1) is 5.10 Å². The molecule has 150 valence electrons. The van der Waals surface area contributed by atoms with E-state index < -0.39 is 0 Å². The van der Waals surface area contributed by atoms with Gasteiger partial charge in [0.2, 0.25) is 0 Å². The molecule has 1 fully saturated rings. The van der Waals surface area contributed by atoms with E-state index in [1.165, 1.54) is 28.8 Å². The van der Waals surface area contributed by atoms with Gasteiger partial charge in [-0.25, -0.2) is 4.39 Å². The maximum absolute atomic E-state index is 13.2. The van der Waals surface area contributed by atoms with Crippen LogP contribution in [0.3, 0.4) is 0 Å². The van der Waals surface area contributed by atoms with E-state index in [4.69, 9.17) is 4.42 Å². The highest BCUT2D eigenvalue weighted by atomic mass is 32.2. The third kappa shape index (κ3) is 4.58. The van der Waals surface area contributed by atoms with E-state index in [-0.39, 0.29) is 18.3 Å². The van der Waals surface area contributed by atoms with Gasteiger partial charge >= 0.3 is 0 Å². The van der Waals surface area contributed by atoms with E-state index >= 15 is 0 Å². The first-order valence-corrected chi connectivity index (χ1v) is 10.1. The van der Waals surface area contributed by atoms with Gasteiger partial charge in [0.25, 0.3) is 5.91 Å². The second-order valence-electron chi connectivity index (χ2n) is 6.62. The van der Waals surface area contributed by atoms with Crippen LogP contribution in [0.1, 0.15) is 22.5 Å². The first-order chi connectivity index (χ1) is 14.6. The third-order valence-corrected chi connectivity index (χ3v) is 5.48. The number of aryl methyl sites for hydroxylation is 1. The van der Waals surface area contributed by atoms with Crippen molar-refractivity contribution in [3.63, 3.8) is 0 Å². The Balaban J connectivity index is 1.62. The van der Waals surface area contributed by atoms with Crippen molar-refractivity contribution < 1.29 is 13.6 Å². The van der Waals surface area contributed by atoms with Crippen molar-refractivity contribution in [2.24, 2.45) is 10.2 Å². The maximum Gasteiger partial charge on any atom is 0.267 e. The molecule has 2 heterocycles. The molecule has 0 aliphatic carbocycles. The van der Waals surface area contributed by atoms with E-state index in [9.17, 15) is 9.18 Å². The zero-order valence-electron chi connectivity index (χ0n) is 16.2. The van der Waals surface area contributed by atoms with Gasteiger partial charge in [-0.05, 0) is 65.7 Å². The van der Waals surface area contributed by atoms with Crippen LogP contribution in [-0.2, 0) is 11.3 Å². The zero-order valence-corrected chi connectivity index (χ0v) is 17.0. The Kier molecular flexibility index (Phi) is 5.90. The third-order valence-electron chi connectivity index (χ3n) is 4.48. The van der Waals surface area contributed by atoms with Gasteiger partial charge in [-0.2, -0.15) is 5.10 Å². The fourth-order valence-electron chi connectivity index (χ4n) is 2.86. The molecule has 0 atom stereocenters. The molecule has 1 saturated heterocycles. The molecule has 0 saturated carbocycles. The van der Waals surface area contributed by atoms with Crippen molar-refractivity contribution in [2.45, 2.75) is 13.5 Å². The summed E-state index contributed by atoms with van der Waals surface area (Å²) in [6.45, 7) is 2.24. The van der Waals surface area contributed by atoms with Gasteiger partial charge in [0.15, 0.2) is 5.17 Å². The summed E-state index contributed by atoms with van der Waals surface area (Å²) in [4.78, 5) is 15.0. The van der Waals surface area contributed by atoms with Crippen LogP contribution in [0.5, 0.6) is 0 Å². The number of carbonyl (C=O) groups excluding carboxylic acids is 1. The Morgan fingerprint density at radius 3 is 2.63 bits per heavy atom. The number of hydrogen-bond acceptors (Lipinski definition) is 5. The van der Waals surface area contributed by atoms with E-state index in [1.807, 2.05) is 31.2 Å². The Labute approximate surface area is 177 Å². The summed E-state index contributed by atoms with van der Waals surface area (Å²) in [6, 6.07) is 17.4. The van der Waals surface area contributed by atoms with Crippen LogP contribution in [0.2, 0.25) is 0 Å². The second-order valence-corrected chi connectivity index (χ2v) is 7.63. The first kappa shape index (κ1) is 19.8. The molecule has 30 heavy (non-hydrogen) atoms. The normalized spacial score (nSPS) is 17.0. The molecule has 7 heteroatoms. The molecule has 0 N–H and O–H groups in total. The molecular weight excluding hydrogens is 401 g/mol. The van der Waals surface area contributed by atoms with Crippen LogP contribution in [-0.4, -0.2) is 22.2 Å². The maximum atomic E-state index is 13.2. The quantitative estimate of drug-likeness (QED) is 0.323. The Hall–Kier alpha value is -3.45. The van der Waals surface area contributed by atoms with Crippen molar-refractivity contribution in [3.05, 3.63) is 100 Å². The van der Waals surface area contributed by atoms with E-state index in [0.29, 0.717) is 15.8 Å². The Morgan fingerprint density at radius 1 is 1.10 bits per heavy atom. The lowest BCUT2D eigenvalue weighted by molar-refractivity contribution is -0.122. The predicted molar refractivity (Wildman–Crippen MR) is 117 cm³/mol. The van der Waals surface area contributed by atoms with Crippen LogP contribution in [0.4, 0.5) is 4.39 Å². The summed E-state index contributed by atoms with van der Waals surface area (Å²) >= 11 is 1.23. The van der Waals surface area contributed by atoms with Crippen molar-refractivity contribution >= 4 is 35.1 Å². The van der Waals surface area contributed by atoms with Crippen LogP contribution in [0.15, 0.2) is 86.5 Å². The van der Waals surface area contributed by atoms with Gasteiger partial charge in [0, 0.05) is 0 Å². The van der Waals surface area contributed by atoms with Crippen LogP contribution >= 0.6 is 11.8 Å². The van der Waals surface area contributed by atoms with Crippen LogP contribution in [0, 0.1) is 12.7 Å². The molecule has 4 rings (SSSR count). The average Bonchev–Trinajstić information content (AvgIpc) is 3.35. The smallest absolute Gasteiger partial charge is 0.267 e. The summed E-state index contributed by atoms with van der Waals surface area (Å²) in [7, 11) is 0. The van der Waals surface area contributed by atoms with Gasteiger partial charge in [-0.1, -0.05) is 36.4 Å². The minimum Gasteiger partial charge on any atom is -0.467 e. The van der Waals surface area contributed by atoms with Crippen molar-refractivity contribution in [1.82, 2.24) is 4.90 Å². The number of nitrogens with zero attached hydrogens (tertiary/aromatic N) is 3. The average molecular weight is 419 g/mol. The lowest BCUT2D eigenvalue weighted by Gasteiger charge is -2.12. The SMILES string of the molecule is Cc1ccccc1/C=N\N=C1\S/C(=C\c2ccc(F)cc2)C(=O)N1Cc1ccco1. The predicted octanol–water partition coefficient (Wildman–Crippen LogP) is 5.23. The van der Waals surface area contributed by atoms with Gasteiger partial charge in [-0.3, -0.25) is 9.69 Å². The van der Waals surface area contributed by atoms with Gasteiger partial charge < -0.3 is 4.42 Å². The number of halogens is 1. The number of furan rings is 1. The zero-order chi connectivity index (χ0) is 20.9. The molecule has 3 aromatic rings. The summed E-state index contributed by atoms with van der Waals surface area (Å²) in [5.41, 5.74) is 2.77. The molecule has 0 bridgehead atoms. The largest absolute Gasteiger partial charge is 0.467 e. The number of hydrogen-bond donors (Lipinski definition) is 0. The van der Waals surface area contributed by atoms with Crippen molar-refractivity contribution in [2.75, 3.05) is 0 Å². The van der Waals surface area contributed by atoms with E-state index in [2.05, 4.69) is 10.2 Å². The molecule has 1 aliphatic rings. The van der Waals surface area contributed by atoms with E-state index in [0.717, 1.165) is 16.7 Å². The number of amidine groups is 1. The van der Waals surface area contributed by atoms with Crippen LogP contribution in [0.25, 0.3) is 6.08 Å². The second kappa shape index (κ2) is 8.92. The molecule has 2 aromatic carbocycles. The molecule has 5 nitrogen and oxygen atoms in total. The topological polar surface area (TPSA) is 58.2 Å². The van der Waals surface area contributed by atoms with E-state index in [1.54, 1.807) is 42.8 Å². The molecule has 0 unspecified atom stereocenters. The number of thioether (sulfide) groups is 1. The van der Waals surface area contributed by atoms with Crippen molar-refractivity contribution in [1.29, 1.82) is 0 Å². The van der Waals surface area contributed by atoms with Crippen molar-refractivity contribution in [3.8, 4) is 0 Å². The monoisotopic (exact) mass is 419 g/mol. The number of rotatable bonds is 5. The Morgan fingerprint density at radius 2 is 1.90 bits per heavy atom. The summed E-state index contributed by atoms with van der Waals surface area (Å²) in [6.07, 6.45) is 4.95. The molecule has 1 amide bonds. The number of carbonyl (C=O) groups is 1. The number of benzene rings is 2. The lowest BCUT2D eigenvalue weighted by atomic mass is 10.1. The fraction of sp³-hybridized carbons (Fsp3) is 0.0870. The highest BCUT2D eigenvalue weighted by molar-refractivity contribution is 8.18. The summed E-state index contributed by atoms with van der Waals surface area (Å²) < 4.78 is 18.6. The highest BCUT2D eigenvalue weighted by Gasteiger charge is 2.34. The first-order valence-electron chi connectivity index (χ1n) is 9.26. The van der Waals surface area contributed by atoms with Gasteiger partial charge in [0.1, 0.15) is 11.6 Å². The standard InChI is InChI=1S/C23H18FN3O2S/c1-16-5-2-3-6-18(16)14-25-26-23-27(15-20-7-4-12-29-20)22(28)21(30-23)13-17-8-10-19(24)11-9-17/h2-14H,15H2,1H3/b21-13-,25-14-,26-23+. The minimum absolute atomic E-state index is 0.203. The molecule has 0 radical (unpaired) electrons. The summed E-state index contributed by atoms with van der Waals surface area (Å²) in [5.74, 6) is 0.114. The van der Waals surface area contributed by atoms with Crippen LogP contribution < -0.4 is 0 Å². The molecular formula is C23H18FN3O2S. The fourth-order valence-corrected chi connectivity index (χ4v) is 3.80. The molecule has 1 aromatic heterocycles. The Bertz CT molecular complexity index is 1140. The minimum atomic E-state index is -0.324. The molecule has 0 spiro atoms. The number of amides is 1. The highest BCUT2D eigenvalue weighted by Crippen LogP contribution is 2.33.